The molecular formula is C14H12N2O3. The van der Waals surface area contributed by atoms with E-state index < -0.39 is 5.97 Å². The standard InChI is InChI=1S/C14H12N2O3/c1-9-4-5-16(15-9)8-10-2-3-12-11(6-10)7-13(19-12)14(17)18/h2-7H,8H2,1H3,(H,17,18). The van der Waals surface area contributed by atoms with Gasteiger partial charge in [0.05, 0.1) is 12.2 Å². The third-order valence-corrected chi connectivity index (χ3v) is 2.91. The highest BCUT2D eigenvalue weighted by atomic mass is 16.4. The number of hydrogen-bond acceptors (Lipinski definition) is 3. The van der Waals surface area contributed by atoms with Gasteiger partial charge in [0.1, 0.15) is 5.58 Å². The van der Waals surface area contributed by atoms with Crippen molar-refractivity contribution in [3.63, 3.8) is 0 Å². The fourth-order valence-electron chi connectivity index (χ4n) is 2.03. The molecule has 5 nitrogen and oxygen atoms in total. The highest BCUT2D eigenvalue weighted by Crippen LogP contribution is 2.21. The van der Waals surface area contributed by atoms with Crippen molar-refractivity contribution in [1.82, 2.24) is 9.78 Å². The summed E-state index contributed by atoms with van der Waals surface area (Å²) in [4.78, 5) is 10.8. The minimum absolute atomic E-state index is 0.0397. The normalized spacial score (nSPS) is 11.0. The number of carboxylic acids is 1. The van der Waals surface area contributed by atoms with Gasteiger partial charge in [-0.2, -0.15) is 5.10 Å². The van der Waals surface area contributed by atoms with Crippen molar-refractivity contribution in [3.05, 3.63) is 53.5 Å². The largest absolute Gasteiger partial charge is 0.475 e. The lowest BCUT2D eigenvalue weighted by Gasteiger charge is -2.01. The van der Waals surface area contributed by atoms with Gasteiger partial charge in [0, 0.05) is 11.6 Å². The zero-order valence-corrected chi connectivity index (χ0v) is 10.3. The Morgan fingerprint density at radius 2 is 2.21 bits per heavy atom. The molecule has 0 saturated heterocycles. The van der Waals surface area contributed by atoms with Crippen LogP contribution in [0.3, 0.4) is 0 Å². The molecule has 0 amide bonds. The van der Waals surface area contributed by atoms with Gasteiger partial charge in [0.25, 0.3) is 0 Å². The van der Waals surface area contributed by atoms with E-state index in [4.69, 9.17) is 9.52 Å². The molecule has 0 atom stereocenters. The van der Waals surface area contributed by atoms with E-state index in [-0.39, 0.29) is 5.76 Å². The Morgan fingerprint density at radius 3 is 2.89 bits per heavy atom. The van der Waals surface area contributed by atoms with Crippen LogP contribution in [0.25, 0.3) is 11.0 Å². The maximum atomic E-state index is 10.8. The van der Waals surface area contributed by atoms with Crippen LogP contribution in [0.4, 0.5) is 0 Å². The minimum Gasteiger partial charge on any atom is -0.475 e. The fourth-order valence-corrected chi connectivity index (χ4v) is 2.03. The van der Waals surface area contributed by atoms with Gasteiger partial charge < -0.3 is 9.52 Å². The molecule has 5 heteroatoms. The highest BCUT2D eigenvalue weighted by Gasteiger charge is 2.10. The molecule has 0 aliphatic heterocycles. The van der Waals surface area contributed by atoms with Crippen LogP contribution in [0.15, 0.2) is 40.9 Å². The second kappa shape index (κ2) is 4.28. The molecule has 2 aromatic heterocycles. The Hall–Kier alpha value is -2.56. The van der Waals surface area contributed by atoms with E-state index in [0.29, 0.717) is 12.1 Å². The number of aromatic nitrogens is 2. The number of carbonyl (C=O) groups is 1. The van der Waals surface area contributed by atoms with Crippen molar-refractivity contribution in [2.45, 2.75) is 13.5 Å². The summed E-state index contributed by atoms with van der Waals surface area (Å²) in [6, 6.07) is 9.10. The van der Waals surface area contributed by atoms with Gasteiger partial charge in [0.2, 0.25) is 5.76 Å². The van der Waals surface area contributed by atoms with Gasteiger partial charge in [-0.1, -0.05) is 6.07 Å². The van der Waals surface area contributed by atoms with Gasteiger partial charge in [-0.15, -0.1) is 0 Å². The summed E-state index contributed by atoms with van der Waals surface area (Å²) < 4.78 is 7.06. The summed E-state index contributed by atoms with van der Waals surface area (Å²) in [5.41, 5.74) is 2.60. The van der Waals surface area contributed by atoms with E-state index in [9.17, 15) is 4.79 Å². The Kier molecular flexibility index (Phi) is 2.59. The maximum absolute atomic E-state index is 10.8. The van der Waals surface area contributed by atoms with Crippen LogP contribution in [0, 0.1) is 6.92 Å². The number of fused-ring (bicyclic) bond motifs is 1. The minimum atomic E-state index is -1.06. The maximum Gasteiger partial charge on any atom is 0.371 e. The first-order valence-electron chi connectivity index (χ1n) is 5.87. The number of aromatic carboxylic acids is 1. The van der Waals surface area contributed by atoms with E-state index in [2.05, 4.69) is 5.10 Å². The Bertz CT molecular complexity index is 755. The zero-order chi connectivity index (χ0) is 13.4. The molecule has 0 aliphatic carbocycles. The van der Waals surface area contributed by atoms with Crippen LogP contribution < -0.4 is 0 Å². The monoisotopic (exact) mass is 256 g/mol. The van der Waals surface area contributed by atoms with E-state index in [1.165, 1.54) is 6.07 Å². The van der Waals surface area contributed by atoms with E-state index in [0.717, 1.165) is 16.6 Å². The molecule has 0 radical (unpaired) electrons. The van der Waals surface area contributed by atoms with E-state index in [1.807, 2.05) is 36.0 Å². The summed E-state index contributed by atoms with van der Waals surface area (Å²) in [5, 5.41) is 14.0. The summed E-state index contributed by atoms with van der Waals surface area (Å²) in [6.07, 6.45) is 1.91. The predicted molar refractivity (Wildman–Crippen MR) is 69.2 cm³/mol. The Morgan fingerprint density at radius 1 is 1.37 bits per heavy atom. The van der Waals surface area contributed by atoms with Crippen molar-refractivity contribution in [2.24, 2.45) is 0 Å². The average Bonchev–Trinajstić information content (AvgIpc) is 2.95. The van der Waals surface area contributed by atoms with E-state index >= 15 is 0 Å². The Labute approximate surface area is 109 Å². The fraction of sp³-hybridized carbons (Fsp3) is 0.143. The van der Waals surface area contributed by atoms with Gasteiger partial charge in [0.15, 0.2) is 0 Å². The topological polar surface area (TPSA) is 68.3 Å². The van der Waals surface area contributed by atoms with Crippen molar-refractivity contribution >= 4 is 16.9 Å². The van der Waals surface area contributed by atoms with E-state index in [1.54, 1.807) is 6.07 Å². The molecule has 0 aliphatic rings. The molecule has 1 aromatic carbocycles. The highest BCUT2D eigenvalue weighted by molar-refractivity contribution is 5.91. The molecule has 0 fully saturated rings. The lowest BCUT2D eigenvalue weighted by atomic mass is 10.1. The van der Waals surface area contributed by atoms with Crippen molar-refractivity contribution in [3.8, 4) is 0 Å². The first-order valence-corrected chi connectivity index (χ1v) is 5.87. The van der Waals surface area contributed by atoms with Crippen LogP contribution in [-0.4, -0.2) is 20.9 Å². The average molecular weight is 256 g/mol. The number of carboxylic acid groups (broad SMARTS) is 1. The molecule has 0 saturated carbocycles. The number of hydrogen-bond donors (Lipinski definition) is 1. The number of benzene rings is 1. The molecule has 3 rings (SSSR count). The first-order chi connectivity index (χ1) is 9.11. The summed E-state index contributed by atoms with van der Waals surface area (Å²) in [6.45, 7) is 2.59. The number of furan rings is 1. The lowest BCUT2D eigenvalue weighted by Crippen LogP contribution is -2.00. The second-order valence-electron chi connectivity index (χ2n) is 4.44. The SMILES string of the molecule is Cc1ccn(Cc2ccc3oc(C(=O)O)cc3c2)n1. The molecule has 3 aromatic rings. The molecule has 19 heavy (non-hydrogen) atoms. The van der Waals surface area contributed by atoms with Gasteiger partial charge >= 0.3 is 5.97 Å². The molecule has 2 heterocycles. The molecule has 0 bridgehead atoms. The van der Waals surface area contributed by atoms with Crippen LogP contribution in [0.2, 0.25) is 0 Å². The molecule has 0 spiro atoms. The van der Waals surface area contributed by atoms with Crippen LogP contribution in [0.1, 0.15) is 21.8 Å². The zero-order valence-electron chi connectivity index (χ0n) is 10.3. The smallest absolute Gasteiger partial charge is 0.371 e. The summed E-state index contributed by atoms with van der Waals surface area (Å²) >= 11 is 0. The van der Waals surface area contributed by atoms with Gasteiger partial charge in [-0.05, 0) is 36.8 Å². The molecule has 0 unspecified atom stereocenters. The third-order valence-electron chi connectivity index (χ3n) is 2.91. The molecule has 1 N–H and O–H groups in total. The number of aryl methyl sites for hydroxylation is 1. The number of rotatable bonds is 3. The van der Waals surface area contributed by atoms with Crippen LogP contribution >= 0.6 is 0 Å². The van der Waals surface area contributed by atoms with Crippen molar-refractivity contribution < 1.29 is 14.3 Å². The lowest BCUT2D eigenvalue weighted by molar-refractivity contribution is 0.0665. The first kappa shape index (κ1) is 11.5. The molecular weight excluding hydrogens is 244 g/mol. The van der Waals surface area contributed by atoms with Crippen LogP contribution in [0.5, 0.6) is 0 Å². The summed E-state index contributed by atoms with van der Waals surface area (Å²) in [5.74, 6) is -1.09. The van der Waals surface area contributed by atoms with Gasteiger partial charge in [-0.25, -0.2) is 4.79 Å². The third kappa shape index (κ3) is 2.22. The quantitative estimate of drug-likeness (QED) is 0.782. The van der Waals surface area contributed by atoms with Crippen LogP contribution in [-0.2, 0) is 6.54 Å². The Balaban J connectivity index is 1.94. The number of nitrogens with zero attached hydrogens (tertiary/aromatic N) is 2. The van der Waals surface area contributed by atoms with Gasteiger partial charge in [-0.3, -0.25) is 4.68 Å². The summed E-state index contributed by atoms with van der Waals surface area (Å²) in [7, 11) is 0. The predicted octanol–water partition coefficient (Wildman–Crippen LogP) is 2.68. The van der Waals surface area contributed by atoms with Crippen molar-refractivity contribution in [2.75, 3.05) is 0 Å². The second-order valence-corrected chi connectivity index (χ2v) is 4.44. The molecule has 96 valence electrons. The van der Waals surface area contributed by atoms with Crippen molar-refractivity contribution in [1.29, 1.82) is 0 Å².